The van der Waals surface area contributed by atoms with Crippen LogP contribution in [-0.2, 0) is 11.2 Å². The molecule has 0 aliphatic carbocycles. The Labute approximate surface area is 145 Å². The van der Waals surface area contributed by atoms with Crippen molar-refractivity contribution in [2.24, 2.45) is 5.92 Å². The van der Waals surface area contributed by atoms with E-state index in [0.717, 1.165) is 21.6 Å². The lowest BCUT2D eigenvalue weighted by Crippen LogP contribution is -2.28. The first kappa shape index (κ1) is 17.7. The fourth-order valence-corrected chi connectivity index (χ4v) is 3.36. The molecule has 5 nitrogen and oxygen atoms in total. The predicted octanol–water partition coefficient (Wildman–Crippen LogP) is 3.71. The molecule has 1 aromatic carbocycles. The zero-order chi connectivity index (χ0) is 16.7. The summed E-state index contributed by atoms with van der Waals surface area (Å²) in [4.78, 5) is 11.7. The van der Waals surface area contributed by atoms with Crippen molar-refractivity contribution in [3.05, 3.63) is 29.8 Å². The van der Waals surface area contributed by atoms with Crippen molar-refractivity contribution in [1.29, 1.82) is 0 Å². The second kappa shape index (κ2) is 8.88. The number of thioether (sulfide) groups is 1. The van der Waals surface area contributed by atoms with Crippen LogP contribution in [0, 0.1) is 5.92 Å². The lowest BCUT2D eigenvalue weighted by Gasteiger charge is -2.06. The summed E-state index contributed by atoms with van der Waals surface area (Å²) in [6.45, 7) is 6.98. The molecular formula is C16H22N4OS2. The number of carbonyl (C=O) groups excluding carboxylic acids is 1. The smallest absolute Gasteiger partial charge is 0.230 e. The van der Waals surface area contributed by atoms with E-state index in [9.17, 15) is 4.79 Å². The molecule has 0 fully saturated rings. The second-order valence-electron chi connectivity index (χ2n) is 5.54. The van der Waals surface area contributed by atoms with Crippen LogP contribution in [0.5, 0.6) is 0 Å². The van der Waals surface area contributed by atoms with E-state index in [-0.39, 0.29) is 5.91 Å². The van der Waals surface area contributed by atoms with Gasteiger partial charge in [-0.2, -0.15) is 0 Å². The molecule has 0 aliphatic rings. The van der Waals surface area contributed by atoms with Gasteiger partial charge in [-0.05, 0) is 30.0 Å². The molecular weight excluding hydrogens is 328 g/mol. The van der Waals surface area contributed by atoms with E-state index in [4.69, 9.17) is 0 Å². The van der Waals surface area contributed by atoms with E-state index < -0.39 is 0 Å². The normalized spacial score (nSPS) is 10.8. The van der Waals surface area contributed by atoms with Crippen LogP contribution in [0.2, 0.25) is 0 Å². The first-order valence-electron chi connectivity index (χ1n) is 7.65. The minimum Gasteiger partial charge on any atom is -0.355 e. The summed E-state index contributed by atoms with van der Waals surface area (Å²) in [5, 5.41) is 15.1. The monoisotopic (exact) mass is 350 g/mol. The Kier molecular flexibility index (Phi) is 6.85. The molecule has 124 valence electrons. The number of aromatic nitrogens is 2. The lowest BCUT2D eigenvalue weighted by molar-refractivity contribution is -0.118. The van der Waals surface area contributed by atoms with Crippen LogP contribution in [0.15, 0.2) is 28.6 Å². The van der Waals surface area contributed by atoms with Crippen LogP contribution in [0.25, 0.3) is 0 Å². The summed E-state index contributed by atoms with van der Waals surface area (Å²) in [6.07, 6.45) is 1.03. The number of benzene rings is 1. The Hall–Kier alpha value is -1.60. The Balaban J connectivity index is 1.81. The molecule has 0 spiro atoms. The van der Waals surface area contributed by atoms with Gasteiger partial charge in [-0.15, -0.1) is 10.2 Å². The summed E-state index contributed by atoms with van der Waals surface area (Å²) in [5.41, 5.74) is 2.29. The number of hydrogen-bond donors (Lipinski definition) is 2. The molecule has 2 rings (SSSR count). The van der Waals surface area contributed by atoms with Crippen molar-refractivity contribution in [2.75, 3.05) is 17.6 Å². The van der Waals surface area contributed by atoms with E-state index in [2.05, 4.69) is 53.7 Å². The summed E-state index contributed by atoms with van der Waals surface area (Å²) in [5.74, 6) is 0.857. The molecule has 0 atom stereocenters. The Bertz CT molecular complexity index is 625. The van der Waals surface area contributed by atoms with E-state index in [1.165, 1.54) is 28.7 Å². The SMILES string of the molecule is CCc1ccc(Nc2nnc(SCC(=O)NCC(C)C)s2)cc1. The largest absolute Gasteiger partial charge is 0.355 e. The highest BCUT2D eigenvalue weighted by molar-refractivity contribution is 8.01. The van der Waals surface area contributed by atoms with Gasteiger partial charge in [0.1, 0.15) is 0 Å². The van der Waals surface area contributed by atoms with Crippen LogP contribution in [0.1, 0.15) is 26.3 Å². The van der Waals surface area contributed by atoms with Gasteiger partial charge in [0.15, 0.2) is 4.34 Å². The van der Waals surface area contributed by atoms with E-state index in [1.807, 2.05) is 12.1 Å². The number of nitrogens with zero attached hydrogens (tertiary/aromatic N) is 2. The maximum atomic E-state index is 11.7. The quantitative estimate of drug-likeness (QED) is 0.711. The molecule has 1 heterocycles. The van der Waals surface area contributed by atoms with Crippen LogP contribution in [-0.4, -0.2) is 28.4 Å². The van der Waals surface area contributed by atoms with Gasteiger partial charge in [0.25, 0.3) is 0 Å². The molecule has 0 saturated heterocycles. The highest BCUT2D eigenvalue weighted by Crippen LogP contribution is 2.27. The van der Waals surface area contributed by atoms with Crippen LogP contribution < -0.4 is 10.6 Å². The molecule has 0 aliphatic heterocycles. The van der Waals surface area contributed by atoms with Gasteiger partial charge in [-0.1, -0.05) is 56.0 Å². The zero-order valence-electron chi connectivity index (χ0n) is 13.6. The third kappa shape index (κ3) is 6.19. The van der Waals surface area contributed by atoms with Crippen molar-refractivity contribution in [3.8, 4) is 0 Å². The topological polar surface area (TPSA) is 66.9 Å². The standard InChI is InChI=1S/C16H22N4OS2/c1-4-12-5-7-13(8-6-12)18-15-19-20-16(23-15)22-10-14(21)17-9-11(2)3/h5-8,11H,4,9-10H2,1-3H3,(H,17,21)(H,18,19). The van der Waals surface area contributed by atoms with Crippen molar-refractivity contribution in [1.82, 2.24) is 15.5 Å². The van der Waals surface area contributed by atoms with Crippen molar-refractivity contribution >= 4 is 39.8 Å². The van der Waals surface area contributed by atoms with Gasteiger partial charge < -0.3 is 10.6 Å². The lowest BCUT2D eigenvalue weighted by atomic mass is 10.1. The van der Waals surface area contributed by atoms with Gasteiger partial charge in [-0.25, -0.2) is 0 Å². The van der Waals surface area contributed by atoms with Gasteiger partial charge in [0, 0.05) is 12.2 Å². The molecule has 0 saturated carbocycles. The highest BCUT2D eigenvalue weighted by atomic mass is 32.2. The van der Waals surface area contributed by atoms with Crippen LogP contribution in [0.4, 0.5) is 10.8 Å². The second-order valence-corrected chi connectivity index (χ2v) is 7.74. The number of aryl methyl sites for hydroxylation is 1. The third-order valence-electron chi connectivity index (χ3n) is 3.05. The number of carbonyl (C=O) groups is 1. The molecule has 0 unspecified atom stereocenters. The minimum absolute atomic E-state index is 0.0311. The number of hydrogen-bond acceptors (Lipinski definition) is 6. The minimum atomic E-state index is 0.0311. The summed E-state index contributed by atoms with van der Waals surface area (Å²) >= 11 is 2.86. The molecule has 1 aromatic heterocycles. The number of rotatable bonds is 8. The van der Waals surface area contributed by atoms with E-state index in [1.54, 1.807) is 0 Å². The Morgan fingerprint density at radius 2 is 2.00 bits per heavy atom. The first-order valence-corrected chi connectivity index (χ1v) is 9.46. The van der Waals surface area contributed by atoms with Gasteiger partial charge >= 0.3 is 0 Å². The Morgan fingerprint density at radius 1 is 1.26 bits per heavy atom. The molecule has 7 heteroatoms. The molecule has 2 aromatic rings. The van der Waals surface area contributed by atoms with Crippen molar-refractivity contribution in [2.45, 2.75) is 31.5 Å². The number of nitrogens with one attached hydrogen (secondary N) is 2. The van der Waals surface area contributed by atoms with E-state index in [0.29, 0.717) is 18.2 Å². The Morgan fingerprint density at radius 3 is 2.65 bits per heavy atom. The molecule has 0 radical (unpaired) electrons. The van der Waals surface area contributed by atoms with E-state index >= 15 is 0 Å². The summed E-state index contributed by atoms with van der Waals surface area (Å²) < 4.78 is 0.789. The molecule has 1 amide bonds. The fourth-order valence-electron chi connectivity index (χ4n) is 1.76. The van der Waals surface area contributed by atoms with Gasteiger partial charge in [0.2, 0.25) is 11.0 Å². The zero-order valence-corrected chi connectivity index (χ0v) is 15.3. The van der Waals surface area contributed by atoms with Crippen molar-refractivity contribution < 1.29 is 4.79 Å². The molecule has 0 bridgehead atoms. The average Bonchev–Trinajstić information content (AvgIpc) is 2.99. The maximum Gasteiger partial charge on any atom is 0.230 e. The highest BCUT2D eigenvalue weighted by Gasteiger charge is 2.08. The van der Waals surface area contributed by atoms with Gasteiger partial charge in [0.05, 0.1) is 5.75 Å². The maximum absolute atomic E-state index is 11.7. The van der Waals surface area contributed by atoms with Gasteiger partial charge in [-0.3, -0.25) is 4.79 Å². The van der Waals surface area contributed by atoms with Crippen LogP contribution >= 0.6 is 23.1 Å². The van der Waals surface area contributed by atoms with Crippen molar-refractivity contribution in [3.63, 3.8) is 0 Å². The summed E-state index contributed by atoms with van der Waals surface area (Å²) in [7, 11) is 0. The fraction of sp³-hybridized carbons (Fsp3) is 0.438. The first-order chi connectivity index (χ1) is 11.1. The third-order valence-corrected chi connectivity index (χ3v) is 5.03. The predicted molar refractivity (Wildman–Crippen MR) is 97.6 cm³/mol. The number of amides is 1. The summed E-state index contributed by atoms with van der Waals surface area (Å²) in [6, 6.07) is 8.26. The average molecular weight is 351 g/mol. The molecule has 23 heavy (non-hydrogen) atoms. The number of anilines is 2. The van der Waals surface area contributed by atoms with Crippen LogP contribution in [0.3, 0.4) is 0 Å². The molecule has 2 N–H and O–H groups in total.